The third kappa shape index (κ3) is 4.23. The molecule has 1 fully saturated rings. The highest BCUT2D eigenvalue weighted by Crippen LogP contribution is 2.34. The molecule has 0 saturated carbocycles. The van der Waals surface area contributed by atoms with Gasteiger partial charge in [-0.25, -0.2) is 0 Å². The van der Waals surface area contributed by atoms with Crippen molar-refractivity contribution in [3.63, 3.8) is 0 Å². The molecule has 2 nitrogen and oxygen atoms in total. The number of alkyl halides is 1. The van der Waals surface area contributed by atoms with E-state index in [9.17, 15) is 4.79 Å². The molecule has 1 aromatic carbocycles. The summed E-state index contributed by atoms with van der Waals surface area (Å²) < 4.78 is 0. The molecule has 0 bridgehead atoms. The van der Waals surface area contributed by atoms with E-state index in [1.807, 2.05) is 29.2 Å². The first-order valence-corrected chi connectivity index (χ1v) is 8.39. The third-order valence-electron chi connectivity index (χ3n) is 4.57. The third-order valence-corrected chi connectivity index (χ3v) is 4.88. The first kappa shape index (κ1) is 16.4. The topological polar surface area (TPSA) is 20.3 Å². The zero-order valence-corrected chi connectivity index (χ0v) is 14.1. The van der Waals surface area contributed by atoms with E-state index >= 15 is 0 Å². The molecular formula is C18H26ClNO. The fourth-order valence-corrected chi connectivity index (χ4v) is 3.30. The number of hydrogen-bond donors (Lipinski definition) is 0. The van der Waals surface area contributed by atoms with Gasteiger partial charge in [0.2, 0.25) is 0 Å². The van der Waals surface area contributed by atoms with E-state index in [0.717, 1.165) is 37.1 Å². The lowest BCUT2D eigenvalue weighted by atomic mass is 9.77. The summed E-state index contributed by atoms with van der Waals surface area (Å²) >= 11 is 5.86. The van der Waals surface area contributed by atoms with Crippen molar-refractivity contribution in [2.45, 2.75) is 45.9 Å². The lowest BCUT2D eigenvalue weighted by Crippen LogP contribution is -2.32. The van der Waals surface area contributed by atoms with Crippen LogP contribution in [-0.4, -0.2) is 23.9 Å². The number of rotatable bonds is 2. The molecule has 2 rings (SSSR count). The van der Waals surface area contributed by atoms with Crippen molar-refractivity contribution in [3.05, 3.63) is 35.4 Å². The molecule has 0 N–H and O–H groups in total. The van der Waals surface area contributed by atoms with Crippen LogP contribution in [0.2, 0.25) is 0 Å². The van der Waals surface area contributed by atoms with Crippen molar-refractivity contribution < 1.29 is 4.79 Å². The van der Waals surface area contributed by atoms with E-state index in [-0.39, 0.29) is 5.91 Å². The van der Waals surface area contributed by atoms with Crippen LogP contribution in [0.5, 0.6) is 0 Å². The maximum Gasteiger partial charge on any atom is 0.253 e. The van der Waals surface area contributed by atoms with Gasteiger partial charge in [-0.3, -0.25) is 4.79 Å². The molecule has 116 valence electrons. The molecule has 1 heterocycles. The lowest BCUT2D eigenvalue weighted by molar-refractivity contribution is 0.0755. The number of likely N-dealkylation sites (tertiary alicyclic amines) is 1. The molecule has 21 heavy (non-hydrogen) atoms. The van der Waals surface area contributed by atoms with Crippen molar-refractivity contribution in [1.82, 2.24) is 4.90 Å². The quantitative estimate of drug-likeness (QED) is 0.724. The summed E-state index contributed by atoms with van der Waals surface area (Å²) in [6.07, 6.45) is 3.42. The van der Waals surface area contributed by atoms with Gasteiger partial charge >= 0.3 is 0 Å². The Balaban J connectivity index is 2.06. The second kappa shape index (κ2) is 6.83. The fourth-order valence-electron chi connectivity index (χ4n) is 3.14. The Kier molecular flexibility index (Phi) is 5.32. The smallest absolute Gasteiger partial charge is 0.253 e. The number of nitrogens with zero attached hydrogens (tertiary/aromatic N) is 1. The van der Waals surface area contributed by atoms with Gasteiger partial charge in [-0.1, -0.05) is 32.9 Å². The highest BCUT2D eigenvalue weighted by Gasteiger charge is 2.28. The summed E-state index contributed by atoms with van der Waals surface area (Å²) in [6.45, 7) is 8.65. The maximum absolute atomic E-state index is 12.7. The second-order valence-electron chi connectivity index (χ2n) is 7.12. The first-order valence-electron chi connectivity index (χ1n) is 7.86. The van der Waals surface area contributed by atoms with Crippen LogP contribution in [0.25, 0.3) is 0 Å². The van der Waals surface area contributed by atoms with Crippen molar-refractivity contribution in [3.8, 4) is 0 Å². The summed E-state index contributed by atoms with van der Waals surface area (Å²) in [5.41, 5.74) is 2.10. The van der Waals surface area contributed by atoms with Crippen molar-refractivity contribution in [2.24, 2.45) is 11.3 Å². The van der Waals surface area contributed by atoms with E-state index in [4.69, 9.17) is 11.6 Å². The Labute approximate surface area is 133 Å². The lowest BCUT2D eigenvalue weighted by Gasteiger charge is -2.29. The highest BCUT2D eigenvalue weighted by molar-refractivity contribution is 6.17. The van der Waals surface area contributed by atoms with Crippen LogP contribution in [0.15, 0.2) is 24.3 Å². The van der Waals surface area contributed by atoms with Crippen LogP contribution in [0.1, 0.15) is 56.0 Å². The van der Waals surface area contributed by atoms with E-state index in [2.05, 4.69) is 20.8 Å². The molecule has 1 aliphatic rings. The van der Waals surface area contributed by atoms with Crippen LogP contribution < -0.4 is 0 Å². The van der Waals surface area contributed by atoms with Crippen molar-refractivity contribution in [2.75, 3.05) is 13.1 Å². The monoisotopic (exact) mass is 307 g/mol. The van der Waals surface area contributed by atoms with Gasteiger partial charge in [0, 0.05) is 24.5 Å². The molecule has 0 spiro atoms. The molecule has 0 aromatic heterocycles. The Morgan fingerprint density at radius 2 is 2.05 bits per heavy atom. The molecule has 1 atom stereocenters. The minimum atomic E-state index is 0.150. The van der Waals surface area contributed by atoms with Crippen LogP contribution in [0, 0.1) is 11.3 Å². The van der Waals surface area contributed by atoms with Gasteiger partial charge in [0.1, 0.15) is 0 Å². The number of halogens is 1. The number of carbonyl (C=O) groups is 1. The van der Waals surface area contributed by atoms with E-state index in [1.54, 1.807) is 0 Å². The average Bonchev–Trinajstić information content (AvgIpc) is 2.72. The Hall–Kier alpha value is -1.02. The average molecular weight is 308 g/mol. The normalized spacial score (nSPS) is 20.2. The summed E-state index contributed by atoms with van der Waals surface area (Å²) in [5.74, 6) is 1.30. The predicted octanol–water partition coefficient (Wildman–Crippen LogP) is 4.71. The molecule has 1 saturated heterocycles. The Morgan fingerprint density at radius 1 is 1.29 bits per heavy atom. The first-order chi connectivity index (χ1) is 9.91. The summed E-state index contributed by atoms with van der Waals surface area (Å²) in [5, 5.41) is 0. The largest absolute Gasteiger partial charge is 0.339 e. The zero-order chi connectivity index (χ0) is 15.5. The Morgan fingerprint density at radius 3 is 2.71 bits per heavy atom. The number of amides is 1. The molecule has 1 unspecified atom stereocenters. The van der Waals surface area contributed by atoms with Crippen LogP contribution >= 0.6 is 11.6 Å². The van der Waals surface area contributed by atoms with Gasteiger partial charge in [0.05, 0.1) is 0 Å². The number of hydrogen-bond acceptors (Lipinski definition) is 1. The van der Waals surface area contributed by atoms with Gasteiger partial charge in [0.15, 0.2) is 0 Å². The van der Waals surface area contributed by atoms with Gasteiger partial charge in [0.25, 0.3) is 5.91 Å². The van der Waals surface area contributed by atoms with Crippen LogP contribution in [-0.2, 0) is 5.88 Å². The van der Waals surface area contributed by atoms with E-state index < -0.39 is 0 Å². The highest BCUT2D eigenvalue weighted by atomic mass is 35.5. The second-order valence-corrected chi connectivity index (χ2v) is 7.39. The number of carbonyl (C=O) groups excluding carboxylic acids is 1. The minimum absolute atomic E-state index is 0.150. The van der Waals surface area contributed by atoms with Crippen molar-refractivity contribution >= 4 is 17.5 Å². The minimum Gasteiger partial charge on any atom is -0.339 e. The summed E-state index contributed by atoms with van der Waals surface area (Å²) in [6, 6.07) is 7.69. The fraction of sp³-hybridized carbons (Fsp3) is 0.611. The molecule has 1 aliphatic heterocycles. The molecule has 3 heteroatoms. The summed E-state index contributed by atoms with van der Waals surface area (Å²) in [7, 11) is 0. The van der Waals surface area contributed by atoms with Crippen LogP contribution in [0.3, 0.4) is 0 Å². The van der Waals surface area contributed by atoms with Crippen LogP contribution in [0.4, 0.5) is 0 Å². The maximum atomic E-state index is 12.7. The van der Waals surface area contributed by atoms with Gasteiger partial charge in [-0.15, -0.1) is 11.6 Å². The molecule has 1 aromatic rings. The van der Waals surface area contributed by atoms with Gasteiger partial charge in [-0.05, 0) is 48.3 Å². The predicted molar refractivity (Wildman–Crippen MR) is 88.7 cm³/mol. The summed E-state index contributed by atoms with van der Waals surface area (Å²) in [4.78, 5) is 14.7. The molecule has 1 amide bonds. The van der Waals surface area contributed by atoms with Crippen molar-refractivity contribution in [1.29, 1.82) is 0 Å². The SMILES string of the molecule is CC(C)(C)C1CCCN(C(=O)c2cccc(CCl)c2)CC1. The molecular weight excluding hydrogens is 282 g/mol. The zero-order valence-electron chi connectivity index (χ0n) is 13.4. The van der Waals surface area contributed by atoms with Gasteiger partial charge < -0.3 is 4.90 Å². The van der Waals surface area contributed by atoms with E-state index in [0.29, 0.717) is 17.2 Å². The Bertz CT molecular complexity index is 492. The standard InChI is InChI=1S/C18H26ClNO/c1-18(2,3)16-8-5-10-20(11-9-16)17(21)15-7-4-6-14(12-15)13-19/h4,6-7,12,16H,5,8-11,13H2,1-3H3. The molecule has 0 radical (unpaired) electrons. The van der Waals surface area contributed by atoms with E-state index in [1.165, 1.54) is 6.42 Å². The number of benzene rings is 1. The molecule has 0 aliphatic carbocycles. The van der Waals surface area contributed by atoms with Gasteiger partial charge in [-0.2, -0.15) is 0 Å².